The van der Waals surface area contributed by atoms with Gasteiger partial charge in [-0.15, -0.1) is 0 Å². The van der Waals surface area contributed by atoms with E-state index >= 15 is 0 Å². The zero-order valence-corrected chi connectivity index (χ0v) is 10.7. The van der Waals surface area contributed by atoms with Crippen molar-refractivity contribution in [2.24, 2.45) is 5.92 Å². The van der Waals surface area contributed by atoms with Gasteiger partial charge in [0.05, 0.1) is 0 Å². The van der Waals surface area contributed by atoms with Crippen LogP contribution in [0, 0.1) is 5.92 Å². The van der Waals surface area contributed by atoms with Crippen LogP contribution >= 0.6 is 0 Å². The maximum absolute atomic E-state index is 2.44. The smallest absolute Gasteiger partial charge is 0.0256 e. The van der Waals surface area contributed by atoms with Crippen molar-refractivity contribution in [2.75, 3.05) is 0 Å². The summed E-state index contributed by atoms with van der Waals surface area (Å²) in [5.74, 6) is 0.758. The third kappa shape index (κ3) is 5.81. The molecule has 0 N–H and O–H groups in total. The molecule has 0 aromatic heterocycles. The van der Waals surface area contributed by atoms with Gasteiger partial charge in [0.25, 0.3) is 0 Å². The lowest BCUT2D eigenvalue weighted by molar-refractivity contribution is 0.542. The van der Waals surface area contributed by atoms with Gasteiger partial charge in [0.2, 0.25) is 0 Å². The van der Waals surface area contributed by atoms with Gasteiger partial charge in [0, 0.05) is 0 Å². The molecule has 15 heavy (non-hydrogen) atoms. The molecule has 1 unspecified atom stereocenters. The highest BCUT2D eigenvalue weighted by Crippen LogP contribution is 2.18. The molecule has 0 spiro atoms. The lowest BCUT2D eigenvalue weighted by Crippen LogP contribution is -1.93. The van der Waals surface area contributed by atoms with Crippen LogP contribution < -0.4 is 0 Å². The zero-order chi connectivity index (χ0) is 11.1. The Morgan fingerprint density at radius 2 is 1.67 bits per heavy atom. The van der Waals surface area contributed by atoms with Crippen LogP contribution in [0.25, 0.3) is 0 Å². The Morgan fingerprint density at radius 1 is 1.00 bits per heavy atom. The summed E-state index contributed by atoms with van der Waals surface area (Å²) in [5.41, 5.74) is 3.01. The summed E-state index contributed by atoms with van der Waals surface area (Å²) in [7, 11) is 0. The Balaban J connectivity index is 2.60. The first-order chi connectivity index (χ1) is 7.18. The maximum Gasteiger partial charge on any atom is -0.0256 e. The highest BCUT2D eigenvalue weighted by molar-refractivity contribution is 5.21. The lowest BCUT2D eigenvalue weighted by Gasteiger charge is -2.10. The first kappa shape index (κ1) is 12.5. The Hall–Kier alpha value is -0.520. The molecule has 0 heteroatoms. The molecule has 0 aliphatic heterocycles. The molecule has 86 valence electrons. The van der Waals surface area contributed by atoms with Crippen molar-refractivity contribution >= 4 is 0 Å². The fourth-order valence-corrected chi connectivity index (χ4v) is 2.44. The fourth-order valence-electron chi connectivity index (χ4n) is 2.44. The molecule has 0 fully saturated rings. The van der Waals surface area contributed by atoms with E-state index in [0.717, 1.165) is 5.92 Å². The molecule has 0 heterocycles. The Labute approximate surface area is 95.5 Å². The van der Waals surface area contributed by atoms with Gasteiger partial charge in [-0.1, -0.05) is 55.9 Å². The molecule has 0 nitrogen and oxygen atoms in total. The second-order valence-corrected chi connectivity index (χ2v) is 5.19. The van der Waals surface area contributed by atoms with Crippen molar-refractivity contribution in [3.8, 4) is 0 Å². The highest BCUT2D eigenvalue weighted by Gasteiger charge is 2.01. The average Bonchev–Trinajstić information content (AvgIpc) is 2.14. The largest absolute Gasteiger partial charge is 0.0788 e. The van der Waals surface area contributed by atoms with Gasteiger partial charge < -0.3 is 0 Å². The van der Waals surface area contributed by atoms with Crippen molar-refractivity contribution in [1.82, 2.24) is 0 Å². The first-order valence-electron chi connectivity index (χ1n) is 6.54. The maximum atomic E-state index is 2.44. The van der Waals surface area contributed by atoms with Crippen LogP contribution in [0.1, 0.15) is 65.7 Å². The van der Waals surface area contributed by atoms with Crippen LogP contribution in [0.5, 0.6) is 0 Å². The van der Waals surface area contributed by atoms with Crippen molar-refractivity contribution < 1.29 is 0 Å². The van der Waals surface area contributed by atoms with Gasteiger partial charge in [0.1, 0.15) is 0 Å². The molecule has 0 amide bonds. The number of rotatable bonds is 0. The average molecular weight is 206 g/mol. The Bertz CT molecular complexity index is 232. The standard InChI is InChI=1S/C15H26/c1-13-9-7-5-4-6-8-10-14(2)12-15(3)11-13/h11-13H,4-10H2,1-3H3/b14-12+,15-11-. The van der Waals surface area contributed by atoms with E-state index < -0.39 is 0 Å². The Morgan fingerprint density at radius 3 is 2.47 bits per heavy atom. The minimum absolute atomic E-state index is 0.758. The minimum Gasteiger partial charge on any atom is -0.0788 e. The molecule has 1 atom stereocenters. The van der Waals surface area contributed by atoms with Gasteiger partial charge in [-0.05, 0) is 39.0 Å². The van der Waals surface area contributed by atoms with E-state index in [1.54, 1.807) is 5.57 Å². The fraction of sp³-hybridized carbons (Fsp3) is 0.733. The van der Waals surface area contributed by atoms with Crippen molar-refractivity contribution in [1.29, 1.82) is 0 Å². The third-order valence-electron chi connectivity index (χ3n) is 3.25. The van der Waals surface area contributed by atoms with Gasteiger partial charge in [-0.3, -0.25) is 0 Å². The predicted octanol–water partition coefficient (Wildman–Crippen LogP) is 5.26. The van der Waals surface area contributed by atoms with Crippen LogP contribution in [0.3, 0.4) is 0 Å². The molecule has 0 aromatic rings. The summed E-state index contributed by atoms with van der Waals surface area (Å²) in [4.78, 5) is 0. The minimum atomic E-state index is 0.758. The van der Waals surface area contributed by atoms with Crippen molar-refractivity contribution in [3.63, 3.8) is 0 Å². The number of hydrogen-bond acceptors (Lipinski definition) is 0. The van der Waals surface area contributed by atoms with Crippen LogP contribution in [-0.2, 0) is 0 Å². The Kier molecular flexibility index (Phi) is 5.75. The third-order valence-corrected chi connectivity index (χ3v) is 3.25. The number of hydrogen-bond donors (Lipinski definition) is 0. The van der Waals surface area contributed by atoms with E-state index in [1.165, 1.54) is 50.5 Å². The molecule has 0 saturated carbocycles. The second kappa shape index (κ2) is 6.87. The predicted molar refractivity (Wildman–Crippen MR) is 69.0 cm³/mol. The summed E-state index contributed by atoms with van der Waals surface area (Å²) in [6.45, 7) is 6.86. The summed E-state index contributed by atoms with van der Waals surface area (Å²) < 4.78 is 0. The lowest BCUT2D eigenvalue weighted by atomic mass is 9.97. The van der Waals surface area contributed by atoms with E-state index in [-0.39, 0.29) is 0 Å². The van der Waals surface area contributed by atoms with Crippen LogP contribution in [-0.4, -0.2) is 0 Å². The highest BCUT2D eigenvalue weighted by atomic mass is 14.1. The molecule has 0 bridgehead atoms. The molecule has 1 aliphatic carbocycles. The summed E-state index contributed by atoms with van der Waals surface area (Å²) in [5, 5.41) is 0. The van der Waals surface area contributed by atoms with E-state index in [1.807, 2.05) is 0 Å². The van der Waals surface area contributed by atoms with Gasteiger partial charge in [0.15, 0.2) is 0 Å². The summed E-state index contributed by atoms with van der Waals surface area (Å²) in [6.07, 6.45) is 14.5. The van der Waals surface area contributed by atoms with Gasteiger partial charge in [-0.2, -0.15) is 0 Å². The van der Waals surface area contributed by atoms with Crippen LogP contribution in [0.2, 0.25) is 0 Å². The van der Waals surface area contributed by atoms with Gasteiger partial charge in [-0.25, -0.2) is 0 Å². The molecule has 0 saturated heterocycles. The second-order valence-electron chi connectivity index (χ2n) is 5.19. The topological polar surface area (TPSA) is 0 Å². The monoisotopic (exact) mass is 206 g/mol. The normalized spacial score (nSPS) is 32.9. The first-order valence-corrected chi connectivity index (χ1v) is 6.54. The molecular weight excluding hydrogens is 180 g/mol. The molecule has 1 aliphatic rings. The van der Waals surface area contributed by atoms with E-state index in [4.69, 9.17) is 0 Å². The summed E-state index contributed by atoms with van der Waals surface area (Å²) in [6, 6.07) is 0. The molecule has 0 radical (unpaired) electrons. The van der Waals surface area contributed by atoms with E-state index in [0.29, 0.717) is 0 Å². The molecular formula is C15H26. The van der Waals surface area contributed by atoms with Crippen LogP contribution in [0.15, 0.2) is 23.3 Å². The SMILES string of the molecule is CC1=C/C(C)CCCCCCC\C(C)=C\1. The van der Waals surface area contributed by atoms with E-state index in [9.17, 15) is 0 Å². The zero-order valence-electron chi connectivity index (χ0n) is 10.7. The quantitative estimate of drug-likeness (QED) is 0.507. The van der Waals surface area contributed by atoms with E-state index in [2.05, 4.69) is 32.9 Å². The van der Waals surface area contributed by atoms with Crippen molar-refractivity contribution in [3.05, 3.63) is 23.3 Å². The van der Waals surface area contributed by atoms with Gasteiger partial charge >= 0.3 is 0 Å². The van der Waals surface area contributed by atoms with Crippen molar-refractivity contribution in [2.45, 2.75) is 65.7 Å². The molecule has 1 rings (SSSR count). The summed E-state index contributed by atoms with van der Waals surface area (Å²) >= 11 is 0. The molecule has 0 aromatic carbocycles. The number of allylic oxidation sites excluding steroid dienone is 4. The van der Waals surface area contributed by atoms with Crippen LogP contribution in [0.4, 0.5) is 0 Å².